The molecule has 2 unspecified atom stereocenters. The first-order chi connectivity index (χ1) is 9.93. The second-order valence-corrected chi connectivity index (χ2v) is 6.90. The zero-order valence-electron chi connectivity index (χ0n) is 13.6. The lowest BCUT2D eigenvalue weighted by Crippen LogP contribution is -2.39. The van der Waals surface area contributed by atoms with E-state index in [0.29, 0.717) is 13.2 Å². The first-order valence-corrected chi connectivity index (χ1v) is 7.89. The van der Waals surface area contributed by atoms with Gasteiger partial charge in [0.2, 0.25) is 0 Å². The fourth-order valence-corrected chi connectivity index (χ4v) is 2.69. The molecule has 0 aromatic heterocycles. The van der Waals surface area contributed by atoms with Gasteiger partial charge in [-0.15, -0.1) is 0 Å². The van der Waals surface area contributed by atoms with Crippen LogP contribution in [0.4, 0.5) is 0 Å². The van der Waals surface area contributed by atoms with Crippen molar-refractivity contribution in [2.45, 2.75) is 45.6 Å². The summed E-state index contributed by atoms with van der Waals surface area (Å²) in [5.74, 6) is 0.138. The Kier molecular flexibility index (Phi) is 5.17. The van der Waals surface area contributed by atoms with Crippen molar-refractivity contribution in [3.05, 3.63) is 35.4 Å². The number of Topliss-reactive ketones (excluding diaryl/α,β-unsaturated/α-hetero) is 1. The molecular weight excluding hydrogens is 262 g/mol. The van der Waals surface area contributed by atoms with E-state index in [1.54, 1.807) is 0 Å². The molecule has 0 spiro atoms. The summed E-state index contributed by atoms with van der Waals surface area (Å²) in [6.45, 7) is 10.8. The minimum Gasteiger partial charge on any atom is -0.379 e. The Hall–Kier alpha value is -1.19. The maximum absolute atomic E-state index is 12.7. The molecule has 21 heavy (non-hydrogen) atoms. The quantitative estimate of drug-likeness (QED) is 0.846. The highest BCUT2D eigenvalue weighted by atomic mass is 16.5. The Morgan fingerprint density at radius 2 is 1.90 bits per heavy atom. The number of hydrogen-bond donors (Lipinski definition) is 1. The molecule has 0 amide bonds. The summed E-state index contributed by atoms with van der Waals surface area (Å²) in [7, 11) is 0. The summed E-state index contributed by atoms with van der Waals surface area (Å²) in [5.41, 5.74) is 2.16. The van der Waals surface area contributed by atoms with Crippen molar-refractivity contribution in [2.75, 3.05) is 19.8 Å². The SMILES string of the molecule is CCCNC1COCC1C(=O)c1ccc(C(C)(C)C)cc1. The molecule has 1 aliphatic heterocycles. The van der Waals surface area contributed by atoms with Crippen LogP contribution in [0.5, 0.6) is 0 Å². The van der Waals surface area contributed by atoms with Crippen LogP contribution in [0, 0.1) is 5.92 Å². The van der Waals surface area contributed by atoms with Gasteiger partial charge in [0.05, 0.1) is 19.1 Å². The van der Waals surface area contributed by atoms with Crippen LogP contribution in [0.1, 0.15) is 50.0 Å². The number of ketones is 1. The largest absolute Gasteiger partial charge is 0.379 e. The Morgan fingerprint density at radius 3 is 2.48 bits per heavy atom. The van der Waals surface area contributed by atoms with Crippen molar-refractivity contribution in [2.24, 2.45) is 5.92 Å². The maximum atomic E-state index is 12.7. The zero-order chi connectivity index (χ0) is 15.5. The van der Waals surface area contributed by atoms with E-state index in [2.05, 4.69) is 45.1 Å². The molecular formula is C18H27NO2. The van der Waals surface area contributed by atoms with Crippen LogP contribution in [0.3, 0.4) is 0 Å². The molecule has 0 saturated carbocycles. The highest BCUT2D eigenvalue weighted by Crippen LogP contribution is 2.24. The van der Waals surface area contributed by atoms with Gasteiger partial charge in [-0.3, -0.25) is 4.79 Å². The van der Waals surface area contributed by atoms with Crippen LogP contribution >= 0.6 is 0 Å². The van der Waals surface area contributed by atoms with Crippen LogP contribution in [-0.4, -0.2) is 31.6 Å². The van der Waals surface area contributed by atoms with E-state index < -0.39 is 0 Å². The predicted octanol–water partition coefficient (Wildman–Crippen LogP) is 3.18. The lowest BCUT2D eigenvalue weighted by atomic mass is 9.85. The molecule has 1 saturated heterocycles. The molecule has 2 atom stereocenters. The molecule has 1 aliphatic rings. The number of benzene rings is 1. The first-order valence-electron chi connectivity index (χ1n) is 7.89. The van der Waals surface area contributed by atoms with Gasteiger partial charge >= 0.3 is 0 Å². The summed E-state index contributed by atoms with van der Waals surface area (Å²) in [4.78, 5) is 12.7. The van der Waals surface area contributed by atoms with Crippen molar-refractivity contribution in [1.29, 1.82) is 0 Å². The molecule has 1 fully saturated rings. The average molecular weight is 289 g/mol. The summed E-state index contributed by atoms with van der Waals surface area (Å²) in [5, 5.41) is 3.42. The first kappa shape index (κ1) is 16.2. The number of rotatable bonds is 5. The minimum atomic E-state index is -0.0583. The van der Waals surface area contributed by atoms with Crippen LogP contribution in [0.15, 0.2) is 24.3 Å². The van der Waals surface area contributed by atoms with Crippen LogP contribution in [0.25, 0.3) is 0 Å². The number of carbonyl (C=O) groups excluding carboxylic acids is 1. The third-order valence-corrected chi connectivity index (χ3v) is 4.11. The molecule has 0 bridgehead atoms. The van der Waals surface area contributed by atoms with Crippen molar-refractivity contribution in [1.82, 2.24) is 5.32 Å². The molecule has 2 rings (SSSR count). The molecule has 1 heterocycles. The van der Waals surface area contributed by atoms with Gasteiger partial charge < -0.3 is 10.1 Å². The van der Waals surface area contributed by atoms with Gasteiger partial charge in [-0.2, -0.15) is 0 Å². The monoisotopic (exact) mass is 289 g/mol. The highest BCUT2D eigenvalue weighted by Gasteiger charge is 2.34. The molecule has 1 aromatic rings. The van der Waals surface area contributed by atoms with Gasteiger partial charge in [0.1, 0.15) is 0 Å². The number of ether oxygens (including phenoxy) is 1. The van der Waals surface area contributed by atoms with Crippen LogP contribution in [-0.2, 0) is 10.2 Å². The fraction of sp³-hybridized carbons (Fsp3) is 0.611. The van der Waals surface area contributed by atoms with Crippen LogP contribution < -0.4 is 5.32 Å². The van der Waals surface area contributed by atoms with Gasteiger partial charge in [0, 0.05) is 11.6 Å². The smallest absolute Gasteiger partial charge is 0.169 e. The molecule has 3 heteroatoms. The lowest BCUT2D eigenvalue weighted by Gasteiger charge is -2.20. The third-order valence-electron chi connectivity index (χ3n) is 4.11. The Bertz CT molecular complexity index is 473. The maximum Gasteiger partial charge on any atom is 0.169 e. The topological polar surface area (TPSA) is 38.3 Å². The normalized spacial score (nSPS) is 22.5. The van der Waals surface area contributed by atoms with Gasteiger partial charge in [0.25, 0.3) is 0 Å². The van der Waals surface area contributed by atoms with Crippen LogP contribution in [0.2, 0.25) is 0 Å². The van der Waals surface area contributed by atoms with Crippen molar-refractivity contribution in [3.8, 4) is 0 Å². The van der Waals surface area contributed by atoms with E-state index in [1.807, 2.05) is 12.1 Å². The summed E-state index contributed by atoms with van der Waals surface area (Å²) >= 11 is 0. The zero-order valence-corrected chi connectivity index (χ0v) is 13.6. The fourth-order valence-electron chi connectivity index (χ4n) is 2.69. The third kappa shape index (κ3) is 3.92. The highest BCUT2D eigenvalue weighted by molar-refractivity contribution is 5.98. The van der Waals surface area contributed by atoms with Crippen molar-refractivity contribution in [3.63, 3.8) is 0 Å². The second-order valence-electron chi connectivity index (χ2n) is 6.90. The summed E-state index contributed by atoms with van der Waals surface area (Å²) in [6, 6.07) is 8.20. The van der Waals surface area contributed by atoms with E-state index in [-0.39, 0.29) is 23.2 Å². The molecule has 1 aromatic carbocycles. The molecule has 3 nitrogen and oxygen atoms in total. The number of hydrogen-bond acceptors (Lipinski definition) is 3. The van der Waals surface area contributed by atoms with Crippen molar-refractivity contribution < 1.29 is 9.53 Å². The standard InChI is InChI=1S/C18H27NO2/c1-5-10-19-16-12-21-11-15(16)17(20)13-6-8-14(9-7-13)18(2,3)4/h6-9,15-16,19H,5,10-12H2,1-4H3. The minimum absolute atomic E-state index is 0.0583. The summed E-state index contributed by atoms with van der Waals surface area (Å²) < 4.78 is 5.50. The average Bonchev–Trinajstić information content (AvgIpc) is 2.92. The predicted molar refractivity (Wildman–Crippen MR) is 85.9 cm³/mol. The second kappa shape index (κ2) is 6.71. The van der Waals surface area contributed by atoms with E-state index in [0.717, 1.165) is 18.5 Å². The Labute approximate surface area is 128 Å². The molecule has 1 N–H and O–H groups in total. The van der Waals surface area contributed by atoms with E-state index in [1.165, 1.54) is 5.56 Å². The van der Waals surface area contributed by atoms with Gasteiger partial charge in [-0.1, -0.05) is 52.0 Å². The molecule has 0 radical (unpaired) electrons. The number of nitrogens with one attached hydrogen (secondary N) is 1. The molecule has 116 valence electrons. The van der Waals surface area contributed by atoms with E-state index >= 15 is 0 Å². The Balaban J connectivity index is 2.08. The van der Waals surface area contributed by atoms with Gasteiger partial charge in [-0.25, -0.2) is 0 Å². The van der Waals surface area contributed by atoms with Crippen molar-refractivity contribution >= 4 is 5.78 Å². The van der Waals surface area contributed by atoms with E-state index in [9.17, 15) is 4.79 Å². The molecule has 0 aliphatic carbocycles. The lowest BCUT2D eigenvalue weighted by molar-refractivity contribution is 0.0891. The summed E-state index contributed by atoms with van der Waals surface area (Å²) in [6.07, 6.45) is 1.07. The van der Waals surface area contributed by atoms with E-state index in [4.69, 9.17) is 4.74 Å². The van der Waals surface area contributed by atoms with Gasteiger partial charge in [0.15, 0.2) is 5.78 Å². The van der Waals surface area contributed by atoms with Gasteiger partial charge in [-0.05, 0) is 23.9 Å². The number of carbonyl (C=O) groups is 1. The Morgan fingerprint density at radius 1 is 1.24 bits per heavy atom.